The molecule has 1 aliphatic carbocycles. The third kappa shape index (κ3) is 1.28. The molecule has 2 atom stereocenters. The minimum Gasteiger partial charge on any atom is -0.335 e. The second-order valence-corrected chi connectivity index (χ2v) is 3.65. The highest BCUT2D eigenvalue weighted by Gasteiger charge is 2.29. The van der Waals surface area contributed by atoms with Crippen molar-refractivity contribution in [1.29, 1.82) is 10.5 Å². The number of hydrogen-bond acceptors (Lipinski definition) is 2. The van der Waals surface area contributed by atoms with Gasteiger partial charge in [-0.05, 0) is 31.4 Å². The van der Waals surface area contributed by atoms with E-state index in [4.69, 9.17) is 10.5 Å². The van der Waals surface area contributed by atoms with Crippen molar-refractivity contribution in [2.45, 2.75) is 25.3 Å². The molecule has 1 aromatic heterocycles. The van der Waals surface area contributed by atoms with E-state index in [2.05, 4.69) is 12.1 Å². The second kappa shape index (κ2) is 3.55. The van der Waals surface area contributed by atoms with Crippen LogP contribution in [-0.2, 0) is 0 Å². The van der Waals surface area contributed by atoms with Crippen LogP contribution >= 0.6 is 0 Å². The highest BCUT2D eigenvalue weighted by Crippen LogP contribution is 2.35. The Balaban J connectivity index is 2.32. The highest BCUT2D eigenvalue weighted by atomic mass is 15.0. The molecule has 0 saturated heterocycles. The number of nitrogens with zero attached hydrogens (tertiary/aromatic N) is 3. The van der Waals surface area contributed by atoms with Crippen molar-refractivity contribution in [3.05, 3.63) is 24.0 Å². The summed E-state index contributed by atoms with van der Waals surface area (Å²) in [5, 5.41) is 17.8. The van der Waals surface area contributed by atoms with Crippen molar-refractivity contribution >= 4 is 0 Å². The molecule has 1 fully saturated rings. The summed E-state index contributed by atoms with van der Waals surface area (Å²) in [7, 11) is 0. The molecular formula is C11H11N3. The van der Waals surface area contributed by atoms with Gasteiger partial charge in [0.1, 0.15) is 11.8 Å². The lowest BCUT2D eigenvalue weighted by Gasteiger charge is -2.16. The summed E-state index contributed by atoms with van der Waals surface area (Å²) < 4.78 is 1.95. The topological polar surface area (TPSA) is 52.5 Å². The molecule has 0 amide bonds. The molecule has 0 radical (unpaired) electrons. The SMILES string of the molecule is N#Cc1cccn1C1CCCC1C#N. The van der Waals surface area contributed by atoms with Crippen LogP contribution in [0.25, 0.3) is 0 Å². The largest absolute Gasteiger partial charge is 0.335 e. The van der Waals surface area contributed by atoms with Crippen molar-refractivity contribution in [3.8, 4) is 12.1 Å². The fourth-order valence-electron chi connectivity index (χ4n) is 2.20. The van der Waals surface area contributed by atoms with Gasteiger partial charge >= 0.3 is 0 Å². The first-order valence-corrected chi connectivity index (χ1v) is 4.83. The van der Waals surface area contributed by atoms with E-state index in [1.165, 1.54) is 0 Å². The minimum absolute atomic E-state index is 0.0782. The Labute approximate surface area is 83.2 Å². The van der Waals surface area contributed by atoms with Crippen molar-refractivity contribution in [2.75, 3.05) is 0 Å². The van der Waals surface area contributed by atoms with Gasteiger partial charge in [-0.15, -0.1) is 0 Å². The molecule has 0 aromatic carbocycles. The summed E-state index contributed by atoms with van der Waals surface area (Å²) >= 11 is 0. The van der Waals surface area contributed by atoms with E-state index in [9.17, 15) is 0 Å². The van der Waals surface area contributed by atoms with Gasteiger partial charge in [-0.25, -0.2) is 0 Å². The Bertz CT molecular complexity index is 405. The van der Waals surface area contributed by atoms with Crippen LogP contribution in [0.15, 0.2) is 18.3 Å². The number of rotatable bonds is 1. The van der Waals surface area contributed by atoms with Crippen molar-refractivity contribution in [1.82, 2.24) is 4.57 Å². The van der Waals surface area contributed by atoms with Gasteiger partial charge in [-0.1, -0.05) is 0 Å². The van der Waals surface area contributed by atoms with Gasteiger partial charge < -0.3 is 4.57 Å². The maximum absolute atomic E-state index is 8.95. The van der Waals surface area contributed by atoms with E-state index < -0.39 is 0 Å². The lowest BCUT2D eigenvalue weighted by molar-refractivity contribution is 0.448. The quantitative estimate of drug-likeness (QED) is 0.673. The smallest absolute Gasteiger partial charge is 0.120 e. The molecule has 2 rings (SSSR count). The molecule has 0 aliphatic heterocycles. The maximum Gasteiger partial charge on any atom is 0.120 e. The van der Waals surface area contributed by atoms with Crippen molar-refractivity contribution in [2.24, 2.45) is 5.92 Å². The summed E-state index contributed by atoms with van der Waals surface area (Å²) in [4.78, 5) is 0. The summed E-state index contributed by atoms with van der Waals surface area (Å²) in [5.74, 6) is 0.0782. The molecule has 1 heterocycles. The summed E-state index contributed by atoms with van der Waals surface area (Å²) in [6.07, 6.45) is 4.97. The molecule has 1 aliphatic rings. The average Bonchev–Trinajstić information content (AvgIpc) is 2.85. The van der Waals surface area contributed by atoms with E-state index in [0.717, 1.165) is 19.3 Å². The standard InChI is InChI=1S/C11H11N3/c12-7-9-3-1-5-11(9)14-6-2-4-10(14)8-13/h2,4,6,9,11H,1,3,5H2. The van der Waals surface area contributed by atoms with E-state index in [1.54, 1.807) is 6.07 Å². The third-order valence-electron chi connectivity index (χ3n) is 2.90. The van der Waals surface area contributed by atoms with Crippen LogP contribution in [0, 0.1) is 28.6 Å². The maximum atomic E-state index is 8.95. The zero-order valence-corrected chi connectivity index (χ0v) is 7.85. The first kappa shape index (κ1) is 8.84. The molecule has 14 heavy (non-hydrogen) atoms. The van der Waals surface area contributed by atoms with Crippen LogP contribution in [-0.4, -0.2) is 4.57 Å². The molecule has 3 nitrogen and oxygen atoms in total. The van der Waals surface area contributed by atoms with Crippen LogP contribution in [0.3, 0.4) is 0 Å². The van der Waals surface area contributed by atoms with Gasteiger partial charge in [0.05, 0.1) is 18.0 Å². The molecule has 70 valence electrons. The van der Waals surface area contributed by atoms with E-state index in [1.807, 2.05) is 16.8 Å². The fraction of sp³-hybridized carbons (Fsp3) is 0.455. The van der Waals surface area contributed by atoms with Crippen LogP contribution < -0.4 is 0 Å². The van der Waals surface area contributed by atoms with Crippen LogP contribution in [0.4, 0.5) is 0 Å². The van der Waals surface area contributed by atoms with Crippen LogP contribution in [0.2, 0.25) is 0 Å². The molecule has 0 N–H and O–H groups in total. The molecule has 3 heteroatoms. The monoisotopic (exact) mass is 185 g/mol. The Morgan fingerprint density at radius 2 is 2.21 bits per heavy atom. The second-order valence-electron chi connectivity index (χ2n) is 3.65. The molecule has 2 unspecified atom stereocenters. The van der Waals surface area contributed by atoms with Gasteiger partial charge in [0.15, 0.2) is 0 Å². The lowest BCUT2D eigenvalue weighted by Crippen LogP contribution is -2.13. The van der Waals surface area contributed by atoms with Gasteiger partial charge in [0.25, 0.3) is 0 Å². The molecule has 1 saturated carbocycles. The summed E-state index contributed by atoms with van der Waals surface area (Å²) in [5.41, 5.74) is 0.664. The zero-order chi connectivity index (χ0) is 9.97. The molecule has 0 bridgehead atoms. The predicted molar refractivity (Wildman–Crippen MR) is 51.1 cm³/mol. The average molecular weight is 185 g/mol. The first-order valence-electron chi connectivity index (χ1n) is 4.83. The van der Waals surface area contributed by atoms with Crippen LogP contribution in [0.1, 0.15) is 31.0 Å². The van der Waals surface area contributed by atoms with E-state index in [0.29, 0.717) is 5.69 Å². The summed E-state index contributed by atoms with van der Waals surface area (Å²) in [6.45, 7) is 0. The molecule has 0 spiro atoms. The van der Waals surface area contributed by atoms with Gasteiger partial charge in [0.2, 0.25) is 0 Å². The first-order chi connectivity index (χ1) is 6.86. The third-order valence-corrected chi connectivity index (χ3v) is 2.90. The predicted octanol–water partition coefficient (Wildman–Crippen LogP) is 2.22. The van der Waals surface area contributed by atoms with Gasteiger partial charge in [0, 0.05) is 6.20 Å². The fourth-order valence-corrected chi connectivity index (χ4v) is 2.20. The Kier molecular flexibility index (Phi) is 2.24. The number of nitriles is 2. The normalized spacial score (nSPS) is 25.6. The van der Waals surface area contributed by atoms with Crippen molar-refractivity contribution in [3.63, 3.8) is 0 Å². The lowest BCUT2D eigenvalue weighted by atomic mass is 10.1. The Hall–Kier alpha value is -1.74. The Morgan fingerprint density at radius 3 is 2.93 bits per heavy atom. The zero-order valence-electron chi connectivity index (χ0n) is 7.85. The highest BCUT2D eigenvalue weighted by molar-refractivity contribution is 5.23. The van der Waals surface area contributed by atoms with Gasteiger partial charge in [-0.3, -0.25) is 0 Å². The number of hydrogen-bond donors (Lipinski definition) is 0. The summed E-state index contributed by atoms with van der Waals surface area (Å²) in [6, 6.07) is 8.35. The van der Waals surface area contributed by atoms with E-state index in [-0.39, 0.29) is 12.0 Å². The molecule has 1 aromatic rings. The van der Waals surface area contributed by atoms with E-state index >= 15 is 0 Å². The van der Waals surface area contributed by atoms with Crippen LogP contribution in [0.5, 0.6) is 0 Å². The van der Waals surface area contributed by atoms with Gasteiger partial charge in [-0.2, -0.15) is 10.5 Å². The van der Waals surface area contributed by atoms with Crippen molar-refractivity contribution < 1.29 is 0 Å². The Morgan fingerprint density at radius 1 is 1.36 bits per heavy atom. The molecular weight excluding hydrogens is 174 g/mol. The minimum atomic E-state index is 0.0782. The number of aromatic nitrogens is 1.